The number of para-hydroxylation sites is 3. The van der Waals surface area contributed by atoms with Gasteiger partial charge in [0.2, 0.25) is 0 Å². The Bertz CT molecular complexity index is 9530. The van der Waals surface area contributed by atoms with Gasteiger partial charge in [-0.25, -0.2) is 34.9 Å². The monoisotopic (exact) mass is 1730 g/mol. The van der Waals surface area contributed by atoms with Crippen molar-refractivity contribution in [3.8, 4) is 68.1 Å². The molecule has 0 N–H and O–H groups in total. The lowest BCUT2D eigenvalue weighted by molar-refractivity contribution is 1.20. The zero-order valence-electron chi connectivity index (χ0n) is 70.9. The van der Waals surface area contributed by atoms with Crippen molar-refractivity contribution in [2.45, 2.75) is 0 Å². The highest BCUT2D eigenvalue weighted by Crippen LogP contribution is 2.48. The van der Waals surface area contributed by atoms with Gasteiger partial charge >= 0.3 is 0 Å². The summed E-state index contributed by atoms with van der Waals surface area (Å²) >= 11 is 5.50. The van der Waals surface area contributed by atoms with Crippen molar-refractivity contribution in [3.63, 3.8) is 0 Å². The number of anilines is 3. The summed E-state index contributed by atoms with van der Waals surface area (Å²) in [7, 11) is 0. The van der Waals surface area contributed by atoms with Gasteiger partial charge in [0.1, 0.15) is 5.69 Å². The lowest BCUT2D eigenvalue weighted by atomic mass is 9.95. The van der Waals surface area contributed by atoms with Crippen molar-refractivity contribution < 1.29 is 0 Å². The Morgan fingerprint density at radius 2 is 0.591 bits per heavy atom. The minimum Gasteiger partial charge on any atom is -0.311 e. The van der Waals surface area contributed by atoms with E-state index in [4.69, 9.17) is 34.9 Å². The number of benzene rings is 20. The molecule has 8 heterocycles. The fraction of sp³-hybridized carbons (Fsp3) is 0. The smallest absolute Gasteiger partial charge is 0.179 e. The molecule has 132 heavy (non-hydrogen) atoms. The van der Waals surface area contributed by atoms with E-state index in [2.05, 4.69) is 436 Å². The van der Waals surface area contributed by atoms with Crippen LogP contribution in [0.4, 0.5) is 17.1 Å². The second-order valence-electron chi connectivity index (χ2n) is 33.6. The normalized spacial score (nSPS) is 11.8. The van der Waals surface area contributed by atoms with Crippen LogP contribution in [0.5, 0.6) is 0 Å². The third-order valence-electron chi connectivity index (χ3n) is 25.9. The zero-order valence-corrected chi connectivity index (χ0v) is 73.3. The molecule has 8 aromatic heterocycles. The third kappa shape index (κ3) is 13.2. The Morgan fingerprint density at radius 3 is 1.21 bits per heavy atom. The average molecular weight is 1730 g/mol. The van der Waals surface area contributed by atoms with Gasteiger partial charge in [0.15, 0.2) is 11.6 Å². The fourth-order valence-electron chi connectivity index (χ4n) is 19.7. The first-order chi connectivity index (χ1) is 65.4. The van der Waals surface area contributed by atoms with Crippen molar-refractivity contribution in [2.75, 3.05) is 4.90 Å². The van der Waals surface area contributed by atoms with Gasteiger partial charge in [0.25, 0.3) is 0 Å². The van der Waals surface area contributed by atoms with E-state index in [0.29, 0.717) is 5.82 Å². The van der Waals surface area contributed by atoms with Crippen molar-refractivity contribution >= 4 is 231 Å². The molecule has 0 fully saturated rings. The quantitative estimate of drug-likeness (QED) is 0.132. The minimum atomic E-state index is 0.640. The Morgan fingerprint density at radius 1 is 0.167 bits per heavy atom. The molecule has 11 heteroatoms. The third-order valence-corrected chi connectivity index (χ3v) is 29.3. The summed E-state index contributed by atoms with van der Waals surface area (Å²) in [6.45, 7) is 0. The van der Waals surface area contributed by atoms with Crippen molar-refractivity contribution in [1.82, 2.24) is 34.9 Å². The van der Waals surface area contributed by atoms with Crippen LogP contribution in [-0.2, 0) is 0 Å². The molecule has 0 aliphatic carbocycles. The van der Waals surface area contributed by atoms with Crippen molar-refractivity contribution in [2.24, 2.45) is 0 Å². The summed E-state index contributed by atoms with van der Waals surface area (Å²) < 4.78 is 7.70. The largest absolute Gasteiger partial charge is 0.311 e. The number of rotatable bonds is 9. The number of thiophene rings is 3. The molecule has 614 valence electrons. The first kappa shape index (κ1) is 76.6. The molecule has 0 amide bonds. The van der Waals surface area contributed by atoms with E-state index in [0.717, 1.165) is 155 Å². The van der Waals surface area contributed by atoms with Crippen LogP contribution in [0.2, 0.25) is 0 Å². The molecule has 0 saturated carbocycles. The van der Waals surface area contributed by atoms with Gasteiger partial charge in [-0.15, -0.1) is 34.0 Å². The number of nitrogens with zero attached hydrogens (tertiary/aromatic N) is 8. The van der Waals surface area contributed by atoms with Crippen molar-refractivity contribution in [3.05, 3.63) is 437 Å². The molecular weight excluding hydrogens is 1660 g/mol. The van der Waals surface area contributed by atoms with E-state index < -0.39 is 0 Å². The van der Waals surface area contributed by atoms with Gasteiger partial charge in [-0.3, -0.25) is 0 Å². The SMILES string of the molecule is c1ccc(-c2nc(-c3cc4cc5sc6ccccc6c5cc4c4ccccc34)nc3c2ccc2ccccc23)cc1.c1ccc(N(c2ccccc2)c2ccc(-c3nc(-c4nc5cc6sc7ccccc7c6cc5c5ccccc45)cc4ccccc34)cc2)cc1.c1ccc2cc(-c3nc(-c4nc5cc6sc7ccccc7c6cc5c5ccccc45)nc4ccccc34)ccc2c1. The molecule has 0 unspecified atom stereocenters. The number of hydrogen-bond donors (Lipinski definition) is 0. The molecule has 0 atom stereocenters. The Hall–Kier alpha value is -16.7. The van der Waals surface area contributed by atoms with Crippen LogP contribution in [-0.4, -0.2) is 34.9 Å². The lowest BCUT2D eigenvalue weighted by Gasteiger charge is -2.25. The first-order valence-corrected chi connectivity index (χ1v) is 46.8. The van der Waals surface area contributed by atoms with Crippen LogP contribution in [0, 0.1) is 0 Å². The molecule has 28 rings (SSSR count). The van der Waals surface area contributed by atoms with Gasteiger partial charge < -0.3 is 4.90 Å². The maximum atomic E-state index is 5.41. The number of pyridine rings is 3. The summed E-state index contributed by atoms with van der Waals surface area (Å²) in [5, 5.41) is 28.5. The van der Waals surface area contributed by atoms with E-state index in [1.54, 1.807) is 0 Å². The highest BCUT2D eigenvalue weighted by Gasteiger charge is 2.24. The van der Waals surface area contributed by atoms with E-state index >= 15 is 0 Å². The predicted octanol–water partition coefficient (Wildman–Crippen LogP) is 34.1. The summed E-state index contributed by atoms with van der Waals surface area (Å²) in [5.41, 5.74) is 16.8. The summed E-state index contributed by atoms with van der Waals surface area (Å²) in [5.74, 6) is 1.39. The molecular formula is C121H72N8S3. The zero-order chi connectivity index (χ0) is 86.9. The molecule has 0 saturated heterocycles. The van der Waals surface area contributed by atoms with Gasteiger partial charge in [-0.1, -0.05) is 315 Å². The Labute approximate surface area is 769 Å². The Balaban J connectivity index is 0.000000104. The molecule has 0 aliphatic rings. The van der Waals surface area contributed by atoms with Crippen LogP contribution in [0.3, 0.4) is 0 Å². The number of hydrogen-bond acceptors (Lipinski definition) is 11. The second-order valence-corrected chi connectivity index (χ2v) is 36.9. The maximum Gasteiger partial charge on any atom is 0.179 e. The molecule has 0 radical (unpaired) electrons. The predicted molar refractivity (Wildman–Crippen MR) is 562 cm³/mol. The molecule has 20 aromatic carbocycles. The number of aromatic nitrogens is 7. The standard InChI is InChI=1S/C46H29N3S.C38H22N2S.C37H21N3S/c1-3-14-32(15-4-1)49(33-16-5-2-6-17-33)34-25-23-30(24-26-34)45-35-18-8-7-13-31(35)27-42(48-45)46-38-21-10-9-19-36(38)39-28-40-37-20-11-12-22-43(37)50-44(40)29-41(39)47-46;1-2-11-24(12-3-1)36-30-19-18-23-10-4-5-13-26(23)37(30)40-38(39-36)33-20-25-21-35-32(29-16-8-9-17-34(29)41-35)22-31(25)27-14-6-7-15-28(27)33;1-2-10-23-19-24(18-17-22(23)9-1)35-28-14-5-7-15-31(28)39-37(40-35)36-27-13-4-3-11-25(27)29-20-30-26-12-6-8-16-33(26)41-34(30)21-32(29)38-36/h1-29H;1-22H;1-21H. The van der Waals surface area contributed by atoms with Crippen LogP contribution < -0.4 is 4.90 Å². The second kappa shape index (κ2) is 31.7. The Kier molecular flexibility index (Phi) is 18.4. The van der Waals surface area contributed by atoms with E-state index in [1.807, 2.05) is 40.1 Å². The van der Waals surface area contributed by atoms with Crippen LogP contribution in [0.1, 0.15) is 0 Å². The first-order valence-electron chi connectivity index (χ1n) is 44.4. The van der Waals surface area contributed by atoms with Crippen LogP contribution >= 0.6 is 34.0 Å². The molecule has 0 bridgehead atoms. The van der Waals surface area contributed by atoms with Gasteiger partial charge in [0, 0.05) is 143 Å². The number of fused-ring (bicyclic) bond motifs is 24. The molecule has 0 aliphatic heterocycles. The fourth-order valence-corrected chi connectivity index (χ4v) is 23.1. The summed E-state index contributed by atoms with van der Waals surface area (Å²) in [6, 6.07) is 155. The summed E-state index contributed by atoms with van der Waals surface area (Å²) in [6.07, 6.45) is 0. The molecule has 8 nitrogen and oxygen atoms in total. The minimum absolute atomic E-state index is 0.640. The molecule has 0 spiro atoms. The topological polar surface area (TPSA) is 93.5 Å². The molecule has 28 aromatic rings. The highest BCUT2D eigenvalue weighted by atomic mass is 32.1. The lowest BCUT2D eigenvalue weighted by Crippen LogP contribution is -2.09. The maximum absolute atomic E-state index is 5.41. The van der Waals surface area contributed by atoms with Gasteiger partial charge in [-0.05, 0) is 175 Å². The van der Waals surface area contributed by atoms with Gasteiger partial charge in [-0.2, -0.15) is 0 Å². The van der Waals surface area contributed by atoms with Crippen LogP contribution in [0.15, 0.2) is 437 Å². The summed E-state index contributed by atoms with van der Waals surface area (Å²) in [4.78, 5) is 39.2. The van der Waals surface area contributed by atoms with E-state index in [-0.39, 0.29) is 0 Å². The van der Waals surface area contributed by atoms with E-state index in [1.165, 1.54) is 104 Å². The van der Waals surface area contributed by atoms with E-state index in [9.17, 15) is 0 Å². The van der Waals surface area contributed by atoms with Crippen LogP contribution in [0.25, 0.3) is 248 Å². The van der Waals surface area contributed by atoms with Gasteiger partial charge in [0.05, 0.1) is 50.5 Å². The van der Waals surface area contributed by atoms with Crippen molar-refractivity contribution in [1.29, 1.82) is 0 Å². The average Bonchev–Trinajstić information content (AvgIpc) is 1.44. The highest BCUT2D eigenvalue weighted by molar-refractivity contribution is 7.26.